The summed E-state index contributed by atoms with van der Waals surface area (Å²) in [5.41, 5.74) is 0.872. The van der Waals surface area contributed by atoms with Crippen LogP contribution >= 0.6 is 0 Å². The molecule has 4 atom stereocenters. The van der Waals surface area contributed by atoms with Gasteiger partial charge in [0.25, 0.3) is 0 Å². The third kappa shape index (κ3) is 10.6. The normalized spacial score (nSPS) is 19.3. The Morgan fingerprint density at radius 2 is 1.29 bits per heavy atom. The van der Waals surface area contributed by atoms with E-state index in [1.165, 1.54) is 96.3 Å². The van der Waals surface area contributed by atoms with Gasteiger partial charge in [0, 0.05) is 0 Å². The molecule has 186 valence electrons. The zero-order chi connectivity index (χ0) is 23.5. The van der Waals surface area contributed by atoms with Crippen molar-refractivity contribution in [3.05, 3.63) is 0 Å². The van der Waals surface area contributed by atoms with Gasteiger partial charge in [-0.05, 0) is 59.7 Å². The molecule has 0 N–H and O–H groups in total. The lowest BCUT2D eigenvalue weighted by Gasteiger charge is -2.46. The number of hydrogen-bond acceptors (Lipinski definition) is 0. The van der Waals surface area contributed by atoms with Crippen molar-refractivity contribution in [3.63, 3.8) is 0 Å². The van der Waals surface area contributed by atoms with Crippen LogP contribution in [0.1, 0.15) is 159 Å². The largest absolute Gasteiger partial charge is 0.0654 e. The number of unbranched alkanes of at least 4 members (excludes halogenated alkanes) is 4. The first-order valence-corrected chi connectivity index (χ1v) is 14.6. The van der Waals surface area contributed by atoms with Crippen molar-refractivity contribution in [2.24, 2.45) is 40.4 Å². The molecule has 31 heavy (non-hydrogen) atoms. The lowest BCUT2D eigenvalue weighted by Crippen LogP contribution is -2.38. The molecule has 0 heteroatoms. The molecular formula is C31H62. The van der Waals surface area contributed by atoms with E-state index in [0.29, 0.717) is 10.8 Å². The maximum absolute atomic E-state index is 2.56. The van der Waals surface area contributed by atoms with E-state index < -0.39 is 0 Å². The monoisotopic (exact) mass is 434 g/mol. The van der Waals surface area contributed by atoms with Gasteiger partial charge in [0.05, 0.1) is 0 Å². The van der Waals surface area contributed by atoms with Crippen molar-refractivity contribution in [2.75, 3.05) is 0 Å². The van der Waals surface area contributed by atoms with E-state index >= 15 is 0 Å². The number of rotatable bonds is 19. The summed E-state index contributed by atoms with van der Waals surface area (Å²) in [4.78, 5) is 0. The Balaban J connectivity index is 2.30. The van der Waals surface area contributed by atoms with Gasteiger partial charge in [0.1, 0.15) is 0 Å². The third-order valence-electron chi connectivity index (χ3n) is 9.90. The third-order valence-corrected chi connectivity index (χ3v) is 9.90. The van der Waals surface area contributed by atoms with Crippen molar-refractivity contribution in [2.45, 2.75) is 159 Å². The molecule has 0 amide bonds. The molecule has 0 saturated heterocycles. The Bertz CT molecular complexity index is 441. The van der Waals surface area contributed by atoms with E-state index in [9.17, 15) is 0 Å². The highest BCUT2D eigenvalue weighted by atomic mass is 14.4. The van der Waals surface area contributed by atoms with Crippen LogP contribution in [0.25, 0.3) is 0 Å². The molecule has 0 aliphatic heterocycles. The second-order valence-corrected chi connectivity index (χ2v) is 13.1. The van der Waals surface area contributed by atoms with E-state index in [1.54, 1.807) is 0 Å². The quantitative estimate of drug-likeness (QED) is 0.177. The molecule has 0 bridgehead atoms. The second-order valence-electron chi connectivity index (χ2n) is 13.1. The highest BCUT2D eigenvalue weighted by Crippen LogP contribution is 2.48. The topological polar surface area (TPSA) is 0 Å². The first kappa shape index (κ1) is 29.0. The van der Waals surface area contributed by atoms with Gasteiger partial charge in [-0.3, -0.25) is 0 Å². The molecular weight excluding hydrogens is 372 g/mol. The molecule has 1 saturated carbocycles. The van der Waals surface area contributed by atoms with Gasteiger partial charge >= 0.3 is 0 Å². The van der Waals surface area contributed by atoms with Gasteiger partial charge in [-0.15, -0.1) is 0 Å². The summed E-state index contributed by atoms with van der Waals surface area (Å²) in [6.07, 6.45) is 21.6. The van der Waals surface area contributed by atoms with Gasteiger partial charge in [-0.1, -0.05) is 139 Å². The van der Waals surface area contributed by atoms with Crippen molar-refractivity contribution in [1.29, 1.82) is 0 Å². The smallest absolute Gasteiger partial charge is 0.0298 e. The van der Waals surface area contributed by atoms with Crippen LogP contribution in [0, 0.1) is 40.4 Å². The summed E-state index contributed by atoms with van der Waals surface area (Å²) in [7, 11) is 0. The molecule has 0 radical (unpaired) electrons. The molecule has 0 aromatic carbocycles. The molecule has 1 fully saturated rings. The predicted octanol–water partition coefficient (Wildman–Crippen LogP) is 11.1. The van der Waals surface area contributed by atoms with Crippen LogP contribution in [0.4, 0.5) is 0 Å². The van der Waals surface area contributed by atoms with Crippen molar-refractivity contribution in [3.8, 4) is 0 Å². The van der Waals surface area contributed by atoms with Crippen LogP contribution in [0.3, 0.4) is 0 Å². The fourth-order valence-corrected chi connectivity index (χ4v) is 6.18. The Morgan fingerprint density at radius 3 is 1.84 bits per heavy atom. The van der Waals surface area contributed by atoms with Gasteiger partial charge in [-0.2, -0.15) is 0 Å². The van der Waals surface area contributed by atoms with Crippen molar-refractivity contribution >= 4 is 0 Å². The first-order chi connectivity index (χ1) is 14.6. The van der Waals surface area contributed by atoms with Crippen LogP contribution in [0.2, 0.25) is 0 Å². The maximum Gasteiger partial charge on any atom is -0.0298 e. The fourth-order valence-electron chi connectivity index (χ4n) is 6.18. The van der Waals surface area contributed by atoms with Gasteiger partial charge in [0.15, 0.2) is 0 Å². The summed E-state index contributed by atoms with van der Waals surface area (Å²) in [5.74, 6) is 4.66. The molecule has 0 aromatic rings. The number of hydrogen-bond donors (Lipinski definition) is 0. The SMILES string of the molecule is CCCCC(C)CCCC(C)(C)C(C)C(C)(C)C(C)CCCCCCC(CC)C1CC1. The minimum Gasteiger partial charge on any atom is -0.0654 e. The molecule has 0 spiro atoms. The van der Waals surface area contributed by atoms with Gasteiger partial charge in [-0.25, -0.2) is 0 Å². The summed E-state index contributed by atoms with van der Waals surface area (Å²) >= 11 is 0. The minimum atomic E-state index is 0.427. The summed E-state index contributed by atoms with van der Waals surface area (Å²) in [6, 6.07) is 0. The van der Waals surface area contributed by atoms with Crippen LogP contribution in [-0.2, 0) is 0 Å². The van der Waals surface area contributed by atoms with E-state index in [1.807, 2.05) is 0 Å². The highest BCUT2D eigenvalue weighted by molar-refractivity contribution is 4.89. The summed E-state index contributed by atoms with van der Waals surface area (Å²) < 4.78 is 0. The molecule has 1 aliphatic rings. The maximum atomic E-state index is 2.56. The van der Waals surface area contributed by atoms with Crippen LogP contribution in [-0.4, -0.2) is 0 Å². The Morgan fingerprint density at radius 1 is 0.710 bits per heavy atom. The van der Waals surface area contributed by atoms with Crippen LogP contribution in [0.15, 0.2) is 0 Å². The minimum absolute atomic E-state index is 0.427. The molecule has 0 aromatic heterocycles. The lowest BCUT2D eigenvalue weighted by molar-refractivity contribution is 0.0297. The second kappa shape index (κ2) is 14.3. The summed E-state index contributed by atoms with van der Waals surface area (Å²) in [5, 5.41) is 0. The average molecular weight is 435 g/mol. The van der Waals surface area contributed by atoms with E-state index in [-0.39, 0.29) is 0 Å². The average Bonchev–Trinajstić information content (AvgIpc) is 3.55. The van der Waals surface area contributed by atoms with Crippen LogP contribution in [0.5, 0.6) is 0 Å². The van der Waals surface area contributed by atoms with Crippen LogP contribution < -0.4 is 0 Å². The first-order valence-electron chi connectivity index (χ1n) is 14.6. The molecule has 0 nitrogen and oxygen atoms in total. The summed E-state index contributed by atoms with van der Waals surface area (Å²) in [6.45, 7) is 22.5. The van der Waals surface area contributed by atoms with Gasteiger partial charge in [0.2, 0.25) is 0 Å². The Labute approximate surface area is 199 Å². The molecule has 1 rings (SSSR count). The van der Waals surface area contributed by atoms with Crippen molar-refractivity contribution in [1.82, 2.24) is 0 Å². The van der Waals surface area contributed by atoms with Gasteiger partial charge < -0.3 is 0 Å². The molecule has 4 unspecified atom stereocenters. The highest BCUT2D eigenvalue weighted by Gasteiger charge is 2.40. The fraction of sp³-hybridized carbons (Fsp3) is 1.00. The van der Waals surface area contributed by atoms with E-state index in [0.717, 1.165) is 29.6 Å². The molecule has 0 heterocycles. The Kier molecular flexibility index (Phi) is 13.4. The standard InChI is InChI=1S/C31H62/c1-10-12-18-25(3)19-17-24-30(6,7)27(5)31(8,9)26(4)20-15-13-14-16-21-28(11-2)29-22-23-29/h25-29H,10-24H2,1-9H3. The predicted molar refractivity (Wildman–Crippen MR) is 143 cm³/mol. The van der Waals surface area contributed by atoms with E-state index in [2.05, 4.69) is 62.3 Å². The zero-order valence-electron chi connectivity index (χ0n) is 23.5. The van der Waals surface area contributed by atoms with E-state index in [4.69, 9.17) is 0 Å². The Hall–Kier alpha value is 0. The lowest BCUT2D eigenvalue weighted by atomic mass is 9.59. The van der Waals surface area contributed by atoms with Crippen molar-refractivity contribution < 1.29 is 0 Å². The molecule has 1 aliphatic carbocycles. The zero-order valence-corrected chi connectivity index (χ0v) is 23.5.